The molecule has 4 N–H and O–H groups in total. The number of hydrogen-bond donors (Lipinski definition) is 2. The van der Waals surface area contributed by atoms with Gasteiger partial charge in [-0.15, -0.1) is 0 Å². The molecule has 0 atom stereocenters. The van der Waals surface area contributed by atoms with Crippen LogP contribution >= 0.6 is 0 Å². The van der Waals surface area contributed by atoms with Gasteiger partial charge in [-0.2, -0.15) is 0 Å². The highest BCUT2D eigenvalue weighted by Crippen LogP contribution is 2.34. The summed E-state index contributed by atoms with van der Waals surface area (Å²) in [5.74, 6) is -0.527. The number of hydrogen-bond acceptors (Lipinski definition) is 4. The third-order valence-corrected chi connectivity index (χ3v) is 5.09. The smallest absolute Gasteiger partial charge is 0.196 e. The molecule has 140 valence electrons. The quantitative estimate of drug-likeness (QED) is 0.724. The van der Waals surface area contributed by atoms with Crippen LogP contribution in [0.5, 0.6) is 0 Å². The van der Waals surface area contributed by atoms with Crippen LogP contribution in [0, 0.1) is 0 Å². The molecular formula is C23H26N2O2. The number of carbonyl (C=O) groups excluding carboxylic acids is 2. The molecule has 0 bridgehead atoms. The number of rotatable bonds is 7. The Balaban J connectivity index is 1.79. The standard InChI is InChI=1S/C23H26N2O2/c1-2-3-4-5-6-7-15-8-10-16(11-9-15)17-14-19(25)21-20(26)13-12-18(24)22(21)23(17)27/h8-14H,2-7,24-25H2,1H3. The highest BCUT2D eigenvalue weighted by molar-refractivity contribution is 6.36. The second-order valence-electron chi connectivity index (χ2n) is 7.11. The Morgan fingerprint density at radius 2 is 1.52 bits per heavy atom. The van der Waals surface area contributed by atoms with Gasteiger partial charge in [0.15, 0.2) is 11.6 Å². The van der Waals surface area contributed by atoms with Crippen LogP contribution in [0.2, 0.25) is 0 Å². The fourth-order valence-electron chi connectivity index (χ4n) is 3.56. The molecular weight excluding hydrogens is 336 g/mol. The van der Waals surface area contributed by atoms with E-state index in [-0.39, 0.29) is 34.1 Å². The molecule has 0 heterocycles. The Labute approximate surface area is 160 Å². The van der Waals surface area contributed by atoms with E-state index in [2.05, 4.69) is 19.1 Å². The number of nitrogens with two attached hydrogens (primary N) is 2. The van der Waals surface area contributed by atoms with Gasteiger partial charge in [0, 0.05) is 17.0 Å². The molecule has 0 radical (unpaired) electrons. The van der Waals surface area contributed by atoms with Gasteiger partial charge < -0.3 is 11.5 Å². The first kappa shape index (κ1) is 18.9. The fourth-order valence-corrected chi connectivity index (χ4v) is 3.56. The first-order chi connectivity index (χ1) is 13.0. The average molecular weight is 362 g/mol. The molecule has 4 heteroatoms. The zero-order valence-corrected chi connectivity index (χ0v) is 15.8. The van der Waals surface area contributed by atoms with Crippen LogP contribution in [-0.2, 0) is 16.0 Å². The highest BCUT2D eigenvalue weighted by atomic mass is 16.1. The van der Waals surface area contributed by atoms with Gasteiger partial charge in [-0.25, -0.2) is 0 Å². The molecule has 1 aromatic carbocycles. The van der Waals surface area contributed by atoms with Crippen LogP contribution in [0.25, 0.3) is 5.57 Å². The molecule has 0 aromatic heterocycles. The highest BCUT2D eigenvalue weighted by Gasteiger charge is 2.32. The van der Waals surface area contributed by atoms with E-state index in [0.29, 0.717) is 5.57 Å². The summed E-state index contributed by atoms with van der Waals surface area (Å²) in [6.07, 6.45) is 11.7. The van der Waals surface area contributed by atoms with Gasteiger partial charge in [0.05, 0.1) is 11.1 Å². The maximum atomic E-state index is 12.9. The number of Topliss-reactive ketones (excluding diaryl/α,β-unsaturated/α-hetero) is 1. The Morgan fingerprint density at radius 1 is 0.815 bits per heavy atom. The van der Waals surface area contributed by atoms with Crippen LogP contribution in [-0.4, -0.2) is 11.6 Å². The van der Waals surface area contributed by atoms with Crippen molar-refractivity contribution in [3.05, 3.63) is 76.2 Å². The van der Waals surface area contributed by atoms with E-state index in [1.165, 1.54) is 49.8 Å². The third kappa shape index (κ3) is 3.95. The zero-order valence-electron chi connectivity index (χ0n) is 15.8. The van der Waals surface area contributed by atoms with E-state index in [1.54, 1.807) is 6.08 Å². The van der Waals surface area contributed by atoms with Gasteiger partial charge in [0.25, 0.3) is 0 Å². The largest absolute Gasteiger partial charge is 0.398 e. The van der Waals surface area contributed by atoms with Crippen LogP contribution in [0.15, 0.2) is 65.0 Å². The third-order valence-electron chi connectivity index (χ3n) is 5.09. The first-order valence-corrected chi connectivity index (χ1v) is 9.61. The minimum absolute atomic E-state index is 0.215. The molecule has 0 amide bonds. The monoisotopic (exact) mass is 362 g/mol. The lowest BCUT2D eigenvalue weighted by atomic mass is 9.81. The summed E-state index contributed by atoms with van der Waals surface area (Å²) in [7, 11) is 0. The van der Waals surface area contributed by atoms with Crippen LogP contribution in [0.1, 0.15) is 50.2 Å². The molecule has 4 nitrogen and oxygen atoms in total. The molecule has 0 fully saturated rings. The van der Waals surface area contributed by atoms with Crippen LogP contribution in [0.3, 0.4) is 0 Å². The van der Waals surface area contributed by atoms with Crippen molar-refractivity contribution in [3.63, 3.8) is 0 Å². The van der Waals surface area contributed by atoms with Crippen molar-refractivity contribution in [1.82, 2.24) is 0 Å². The zero-order chi connectivity index (χ0) is 19.4. The maximum absolute atomic E-state index is 12.9. The molecule has 0 aliphatic heterocycles. The normalized spacial score (nSPS) is 16.7. The van der Waals surface area contributed by atoms with Gasteiger partial charge in [-0.05, 0) is 42.2 Å². The van der Waals surface area contributed by atoms with Crippen LogP contribution < -0.4 is 11.5 Å². The van der Waals surface area contributed by atoms with E-state index in [4.69, 9.17) is 11.5 Å². The van der Waals surface area contributed by atoms with Gasteiger partial charge in [-0.1, -0.05) is 56.9 Å². The van der Waals surface area contributed by atoms with Crippen molar-refractivity contribution in [2.24, 2.45) is 11.5 Å². The molecule has 2 aliphatic rings. The van der Waals surface area contributed by atoms with Crippen molar-refractivity contribution in [1.29, 1.82) is 0 Å². The minimum Gasteiger partial charge on any atom is -0.398 e. The first-order valence-electron chi connectivity index (χ1n) is 9.61. The predicted octanol–water partition coefficient (Wildman–Crippen LogP) is 3.73. The molecule has 0 saturated heterocycles. The second kappa shape index (κ2) is 8.21. The van der Waals surface area contributed by atoms with Crippen molar-refractivity contribution in [2.45, 2.75) is 45.4 Å². The van der Waals surface area contributed by atoms with Crippen molar-refractivity contribution in [3.8, 4) is 0 Å². The summed E-state index contributed by atoms with van der Waals surface area (Å²) in [5.41, 5.74) is 15.6. The van der Waals surface area contributed by atoms with Crippen molar-refractivity contribution >= 4 is 17.1 Å². The number of aryl methyl sites for hydroxylation is 1. The molecule has 0 unspecified atom stereocenters. The lowest BCUT2D eigenvalue weighted by molar-refractivity contribution is -0.113. The summed E-state index contributed by atoms with van der Waals surface area (Å²) in [6.45, 7) is 2.22. The predicted molar refractivity (Wildman–Crippen MR) is 108 cm³/mol. The Morgan fingerprint density at radius 3 is 2.22 bits per heavy atom. The fraction of sp³-hybridized carbons (Fsp3) is 0.304. The van der Waals surface area contributed by atoms with E-state index < -0.39 is 0 Å². The number of fused-ring (bicyclic) bond motifs is 1. The summed E-state index contributed by atoms with van der Waals surface area (Å²) >= 11 is 0. The molecule has 0 saturated carbocycles. The lowest BCUT2D eigenvalue weighted by Crippen LogP contribution is -2.26. The van der Waals surface area contributed by atoms with E-state index in [9.17, 15) is 9.59 Å². The number of allylic oxidation sites excluding steroid dienone is 6. The second-order valence-corrected chi connectivity index (χ2v) is 7.11. The molecule has 2 aliphatic carbocycles. The number of unbranched alkanes of at least 4 members (excludes halogenated alkanes) is 4. The molecule has 27 heavy (non-hydrogen) atoms. The number of carbonyl (C=O) groups is 2. The van der Waals surface area contributed by atoms with Gasteiger partial charge in [0.1, 0.15) is 0 Å². The molecule has 3 rings (SSSR count). The Kier molecular flexibility index (Phi) is 5.75. The van der Waals surface area contributed by atoms with E-state index >= 15 is 0 Å². The number of benzene rings is 1. The van der Waals surface area contributed by atoms with Gasteiger partial charge >= 0.3 is 0 Å². The van der Waals surface area contributed by atoms with E-state index in [1.807, 2.05) is 12.1 Å². The topological polar surface area (TPSA) is 86.2 Å². The lowest BCUT2D eigenvalue weighted by Gasteiger charge is -2.22. The van der Waals surface area contributed by atoms with Gasteiger partial charge in [-0.3, -0.25) is 9.59 Å². The Hall–Kier alpha value is -2.88. The maximum Gasteiger partial charge on any atom is 0.196 e. The van der Waals surface area contributed by atoms with Crippen molar-refractivity contribution < 1.29 is 9.59 Å². The Bertz CT molecular complexity index is 883. The minimum atomic E-state index is -0.279. The molecule has 0 spiro atoms. The molecule has 1 aromatic rings. The summed E-state index contributed by atoms with van der Waals surface area (Å²) < 4.78 is 0. The number of ketones is 2. The SMILES string of the molecule is CCCCCCCc1ccc(C2=CC(N)=C3C(=O)C=CC(N)=C3C2=O)cc1. The summed E-state index contributed by atoms with van der Waals surface area (Å²) in [5, 5.41) is 0. The average Bonchev–Trinajstić information content (AvgIpc) is 2.67. The summed E-state index contributed by atoms with van der Waals surface area (Å²) in [6, 6.07) is 8.01. The van der Waals surface area contributed by atoms with E-state index in [0.717, 1.165) is 12.0 Å². The summed E-state index contributed by atoms with van der Waals surface area (Å²) in [4.78, 5) is 25.0. The van der Waals surface area contributed by atoms with Crippen LogP contribution in [0.4, 0.5) is 0 Å². The van der Waals surface area contributed by atoms with Crippen molar-refractivity contribution in [2.75, 3.05) is 0 Å². The van der Waals surface area contributed by atoms with Gasteiger partial charge in [0.2, 0.25) is 0 Å².